The van der Waals surface area contributed by atoms with E-state index in [1.165, 1.54) is 12.1 Å². The average molecular weight is 715 g/mol. The number of carbonyl (C=O) groups excluding carboxylic acids is 1. The Morgan fingerprint density at radius 2 is 2.08 bits per heavy atom. The third kappa shape index (κ3) is 5.90. The molecule has 0 bridgehead atoms. The Hall–Kier alpha value is -3.90. The molecule has 10 nitrogen and oxygen atoms in total. The number of anilines is 2. The molecule has 1 amide bonds. The largest absolute Gasteiger partial charge is 0.461 e. The highest BCUT2D eigenvalue weighted by molar-refractivity contribution is 7.23. The maximum atomic E-state index is 17.0. The summed E-state index contributed by atoms with van der Waals surface area (Å²) in [7, 11) is 0. The number of amides is 1. The van der Waals surface area contributed by atoms with Gasteiger partial charge in [-0.15, -0.1) is 11.3 Å². The summed E-state index contributed by atoms with van der Waals surface area (Å²) in [5, 5.41) is 23.0. The van der Waals surface area contributed by atoms with Gasteiger partial charge in [-0.1, -0.05) is 17.7 Å². The summed E-state index contributed by atoms with van der Waals surface area (Å²) in [6.45, 7) is 6.67. The van der Waals surface area contributed by atoms with Crippen molar-refractivity contribution in [1.29, 1.82) is 5.26 Å². The van der Waals surface area contributed by atoms with Crippen molar-refractivity contribution in [2.24, 2.45) is 0 Å². The highest BCUT2D eigenvalue weighted by Gasteiger charge is 2.49. The van der Waals surface area contributed by atoms with Crippen LogP contribution in [0.3, 0.4) is 0 Å². The zero-order valence-electron chi connectivity index (χ0n) is 27.1. The van der Waals surface area contributed by atoms with Gasteiger partial charge in [-0.25, -0.2) is 18.0 Å². The molecule has 7 rings (SSSR count). The molecule has 1 unspecified atom stereocenters. The van der Waals surface area contributed by atoms with Crippen LogP contribution in [0, 0.1) is 23.0 Å². The molecule has 49 heavy (non-hydrogen) atoms. The molecule has 0 radical (unpaired) electrons. The number of benzene rings is 2. The molecule has 0 aliphatic carbocycles. The van der Waals surface area contributed by atoms with Gasteiger partial charge in [-0.3, -0.25) is 10.2 Å². The molecule has 258 valence electrons. The van der Waals surface area contributed by atoms with Crippen molar-refractivity contribution in [3.05, 3.63) is 40.4 Å². The smallest absolute Gasteiger partial charge is 0.412 e. The third-order valence-corrected chi connectivity index (χ3v) is 10.9. The van der Waals surface area contributed by atoms with Gasteiger partial charge in [-0.05, 0) is 64.3 Å². The zero-order valence-corrected chi connectivity index (χ0v) is 28.7. The van der Waals surface area contributed by atoms with Crippen molar-refractivity contribution in [2.75, 3.05) is 43.1 Å². The van der Waals surface area contributed by atoms with E-state index in [4.69, 9.17) is 21.1 Å². The van der Waals surface area contributed by atoms with E-state index in [-0.39, 0.29) is 73.0 Å². The van der Waals surface area contributed by atoms with Crippen LogP contribution in [-0.4, -0.2) is 82.3 Å². The molecule has 3 aliphatic rings. The van der Waals surface area contributed by atoms with Crippen LogP contribution in [0.5, 0.6) is 6.01 Å². The number of nitrogens with zero attached hydrogens (tertiary/aromatic N) is 5. The summed E-state index contributed by atoms with van der Waals surface area (Å²) < 4.78 is 58.2. The number of aliphatic hydroxyl groups is 1. The summed E-state index contributed by atoms with van der Waals surface area (Å²) in [6, 6.07) is 5.65. The summed E-state index contributed by atoms with van der Waals surface area (Å²) >= 11 is 7.63. The van der Waals surface area contributed by atoms with Crippen LogP contribution in [0.1, 0.15) is 52.0 Å². The normalized spacial score (nSPS) is 22.3. The van der Waals surface area contributed by atoms with E-state index in [9.17, 15) is 19.6 Å². The van der Waals surface area contributed by atoms with Gasteiger partial charge in [0, 0.05) is 35.8 Å². The first kappa shape index (κ1) is 33.6. The number of alkyl halides is 1. The number of ether oxygens (including phenoxy) is 2. The molecule has 4 aromatic rings. The number of rotatable bonds is 7. The number of halogens is 4. The number of hydrogen-bond donors (Lipinski definition) is 2. The van der Waals surface area contributed by atoms with E-state index in [2.05, 4.69) is 20.2 Å². The maximum Gasteiger partial charge on any atom is 0.412 e. The fraction of sp³-hybridized carbons (Fsp3) is 0.471. The first-order chi connectivity index (χ1) is 23.3. The fourth-order valence-corrected chi connectivity index (χ4v) is 8.58. The van der Waals surface area contributed by atoms with Gasteiger partial charge >= 0.3 is 12.1 Å². The van der Waals surface area contributed by atoms with Gasteiger partial charge in [0.05, 0.1) is 33.5 Å². The topological polar surface area (TPSA) is 124 Å². The summed E-state index contributed by atoms with van der Waals surface area (Å²) in [4.78, 5) is 25.6. The molecule has 3 fully saturated rings. The lowest BCUT2D eigenvalue weighted by Crippen LogP contribution is -2.50. The maximum absolute atomic E-state index is 17.0. The van der Waals surface area contributed by atoms with Crippen molar-refractivity contribution >= 4 is 60.8 Å². The fourth-order valence-electron chi connectivity index (χ4n) is 7.22. The lowest BCUT2D eigenvalue weighted by Gasteiger charge is -2.41. The van der Waals surface area contributed by atoms with Gasteiger partial charge in [-0.2, -0.15) is 15.2 Å². The van der Waals surface area contributed by atoms with Crippen LogP contribution in [0.2, 0.25) is 5.02 Å². The van der Waals surface area contributed by atoms with Crippen molar-refractivity contribution in [1.82, 2.24) is 14.9 Å². The SMILES string of the molecule is CC(C)(C)OC(=O)Nc1sc2c(F)ccc(-c3c(Cl)cc4c(N5CCC5CO)nc(OC[C@@]56CCCN5C[C@H](F)C6)nc4c3F)c2c1C#N. The summed E-state index contributed by atoms with van der Waals surface area (Å²) in [5.74, 6) is -1.20. The van der Waals surface area contributed by atoms with Crippen LogP contribution < -0.4 is 15.0 Å². The number of aromatic nitrogens is 2. The minimum absolute atomic E-state index is 0.0116. The Morgan fingerprint density at radius 3 is 2.78 bits per heavy atom. The summed E-state index contributed by atoms with van der Waals surface area (Å²) in [5.41, 5.74) is -1.55. The lowest BCUT2D eigenvalue weighted by molar-refractivity contribution is 0.0636. The van der Waals surface area contributed by atoms with E-state index in [0.717, 1.165) is 36.8 Å². The predicted molar refractivity (Wildman–Crippen MR) is 181 cm³/mol. The van der Waals surface area contributed by atoms with Crippen LogP contribution in [-0.2, 0) is 4.74 Å². The third-order valence-electron chi connectivity index (χ3n) is 9.49. The number of thiophene rings is 1. The molecular formula is C34H34ClF3N6O4S. The highest BCUT2D eigenvalue weighted by atomic mass is 35.5. The van der Waals surface area contributed by atoms with Crippen molar-refractivity contribution in [2.45, 2.75) is 69.8 Å². The first-order valence-electron chi connectivity index (χ1n) is 16.1. The van der Waals surface area contributed by atoms with E-state index in [1.54, 1.807) is 20.8 Å². The lowest BCUT2D eigenvalue weighted by atomic mass is 9.95. The Balaban J connectivity index is 1.36. The van der Waals surface area contributed by atoms with Crippen molar-refractivity contribution in [3.63, 3.8) is 0 Å². The molecule has 15 heteroatoms. The van der Waals surface area contributed by atoms with Crippen LogP contribution >= 0.6 is 22.9 Å². The van der Waals surface area contributed by atoms with Crippen molar-refractivity contribution in [3.8, 4) is 23.2 Å². The molecular weight excluding hydrogens is 681 g/mol. The molecule has 5 heterocycles. The van der Waals surface area contributed by atoms with Gasteiger partial charge in [0.1, 0.15) is 46.6 Å². The van der Waals surface area contributed by atoms with Crippen LogP contribution in [0.25, 0.3) is 32.1 Å². The first-order valence-corrected chi connectivity index (χ1v) is 17.3. The number of nitrogens with one attached hydrogen (secondary N) is 1. The van der Waals surface area contributed by atoms with E-state index in [0.29, 0.717) is 31.7 Å². The standard InChI is InChI=1S/C34H34ClF3N6O4S/c1-33(2,3)48-32(46)42-30-21(13-39)24-19(5-6-23(37)28(24)49-30)25-22(35)11-20-27(26(25)38)40-31(41-29(20)44-10-7-18(44)15-45)47-16-34-8-4-9-43(34)14-17(36)12-34/h5-6,11,17-18,45H,4,7-10,12,14-16H2,1-3H3,(H,42,46)/t17-,18?,34+/m1/s1. The average Bonchev–Trinajstić information content (AvgIpc) is 3.66. The second-order valence-electron chi connectivity index (χ2n) is 13.8. The number of carbonyl (C=O) groups is 1. The number of hydrogen-bond acceptors (Lipinski definition) is 10. The molecule has 3 atom stereocenters. The quantitative estimate of drug-likeness (QED) is 0.205. The van der Waals surface area contributed by atoms with Gasteiger partial charge in [0.25, 0.3) is 0 Å². The molecule has 0 saturated carbocycles. The summed E-state index contributed by atoms with van der Waals surface area (Å²) in [6.07, 6.45) is 0.896. The molecule has 2 aromatic carbocycles. The second-order valence-corrected chi connectivity index (χ2v) is 15.2. The van der Waals surface area contributed by atoms with Crippen LogP contribution in [0.4, 0.5) is 28.8 Å². The van der Waals surface area contributed by atoms with E-state index < -0.39 is 35.0 Å². The molecule has 0 spiro atoms. The Bertz CT molecular complexity index is 2030. The zero-order chi connectivity index (χ0) is 34.8. The number of fused-ring (bicyclic) bond motifs is 3. The Morgan fingerprint density at radius 1 is 1.29 bits per heavy atom. The van der Waals surface area contributed by atoms with E-state index >= 15 is 8.78 Å². The predicted octanol–water partition coefficient (Wildman–Crippen LogP) is 7.19. The minimum atomic E-state index is -0.965. The van der Waals surface area contributed by atoms with Gasteiger partial charge in [0.15, 0.2) is 5.82 Å². The molecule has 2 N–H and O–H groups in total. The Labute approximate surface area is 289 Å². The van der Waals surface area contributed by atoms with Gasteiger partial charge < -0.3 is 19.5 Å². The number of aliphatic hydroxyl groups excluding tert-OH is 1. The van der Waals surface area contributed by atoms with Crippen LogP contribution in [0.15, 0.2) is 18.2 Å². The Kier molecular flexibility index (Phi) is 8.54. The second kappa shape index (κ2) is 12.5. The number of nitriles is 1. The highest BCUT2D eigenvalue weighted by Crippen LogP contribution is 2.47. The molecule has 2 aromatic heterocycles. The molecule has 3 aliphatic heterocycles. The minimum Gasteiger partial charge on any atom is -0.461 e. The molecule has 3 saturated heterocycles. The van der Waals surface area contributed by atoms with Gasteiger partial charge in [0.2, 0.25) is 0 Å². The van der Waals surface area contributed by atoms with Crippen molar-refractivity contribution < 1.29 is 32.5 Å². The van der Waals surface area contributed by atoms with E-state index in [1.807, 2.05) is 11.0 Å². The monoisotopic (exact) mass is 714 g/mol.